The molecule has 4 heteroatoms. The number of aliphatic carboxylic acids is 1. The van der Waals surface area contributed by atoms with Crippen LogP contribution in [0.4, 0.5) is 0 Å². The molecule has 1 aromatic rings. The first-order chi connectivity index (χ1) is 9.16. The zero-order chi connectivity index (χ0) is 13.7. The summed E-state index contributed by atoms with van der Waals surface area (Å²) in [5.74, 6) is -0.725. The van der Waals surface area contributed by atoms with Gasteiger partial charge in [0, 0.05) is 26.2 Å². The number of carbonyl (C=O) groups is 1. The molecule has 1 unspecified atom stereocenters. The van der Waals surface area contributed by atoms with Crippen LogP contribution >= 0.6 is 0 Å². The third-order valence-electron chi connectivity index (χ3n) is 3.78. The van der Waals surface area contributed by atoms with Crippen LogP contribution in [0.15, 0.2) is 30.3 Å². The van der Waals surface area contributed by atoms with Crippen LogP contribution in [0.5, 0.6) is 0 Å². The lowest BCUT2D eigenvalue weighted by Crippen LogP contribution is -2.41. The monoisotopic (exact) mass is 262 g/mol. The second-order valence-corrected chi connectivity index (χ2v) is 5.17. The minimum absolute atomic E-state index is 0.378. The van der Waals surface area contributed by atoms with Gasteiger partial charge in [-0.05, 0) is 25.5 Å². The summed E-state index contributed by atoms with van der Waals surface area (Å²) in [6.45, 7) is 6.41. The Morgan fingerprint density at radius 1 is 1.21 bits per heavy atom. The van der Waals surface area contributed by atoms with E-state index >= 15 is 0 Å². The summed E-state index contributed by atoms with van der Waals surface area (Å²) in [6.07, 6.45) is 1.03. The van der Waals surface area contributed by atoms with E-state index in [4.69, 9.17) is 5.11 Å². The molecule has 1 heterocycles. The Bertz CT molecular complexity index is 408. The minimum Gasteiger partial charge on any atom is -0.480 e. The number of rotatable bonds is 4. The van der Waals surface area contributed by atoms with Gasteiger partial charge in [0.1, 0.15) is 6.04 Å². The summed E-state index contributed by atoms with van der Waals surface area (Å²) in [6, 6.07) is 10.1. The Morgan fingerprint density at radius 2 is 1.95 bits per heavy atom. The molecule has 19 heavy (non-hydrogen) atoms. The molecule has 0 aliphatic carbocycles. The van der Waals surface area contributed by atoms with Crippen LogP contribution in [0.25, 0.3) is 0 Å². The highest BCUT2D eigenvalue weighted by Gasteiger charge is 2.23. The van der Waals surface area contributed by atoms with E-state index in [0.717, 1.165) is 39.1 Å². The maximum Gasteiger partial charge on any atom is 0.320 e. The molecule has 0 saturated carbocycles. The van der Waals surface area contributed by atoms with E-state index in [1.807, 2.05) is 6.07 Å². The predicted molar refractivity (Wildman–Crippen MR) is 75.0 cm³/mol. The number of carboxylic acids is 1. The summed E-state index contributed by atoms with van der Waals surface area (Å²) >= 11 is 0. The van der Waals surface area contributed by atoms with Gasteiger partial charge in [-0.1, -0.05) is 30.3 Å². The zero-order valence-corrected chi connectivity index (χ0v) is 11.5. The van der Waals surface area contributed by atoms with Crippen LogP contribution in [0.2, 0.25) is 0 Å². The molecule has 0 amide bonds. The van der Waals surface area contributed by atoms with Gasteiger partial charge in [-0.15, -0.1) is 0 Å². The second-order valence-electron chi connectivity index (χ2n) is 5.17. The van der Waals surface area contributed by atoms with Gasteiger partial charge in [-0.3, -0.25) is 14.6 Å². The third kappa shape index (κ3) is 4.04. The Kier molecular flexibility index (Phi) is 4.93. The molecule has 0 radical (unpaired) electrons. The van der Waals surface area contributed by atoms with E-state index < -0.39 is 5.97 Å². The van der Waals surface area contributed by atoms with Crippen LogP contribution in [0, 0.1) is 0 Å². The zero-order valence-electron chi connectivity index (χ0n) is 11.5. The van der Waals surface area contributed by atoms with Crippen molar-refractivity contribution in [3.8, 4) is 0 Å². The number of nitrogens with zero attached hydrogens (tertiary/aromatic N) is 2. The first-order valence-corrected chi connectivity index (χ1v) is 6.90. The van der Waals surface area contributed by atoms with E-state index in [-0.39, 0.29) is 6.04 Å². The second kappa shape index (κ2) is 6.68. The topological polar surface area (TPSA) is 43.8 Å². The first kappa shape index (κ1) is 14.0. The fourth-order valence-electron chi connectivity index (χ4n) is 2.53. The average Bonchev–Trinajstić information content (AvgIpc) is 2.64. The first-order valence-electron chi connectivity index (χ1n) is 6.90. The van der Waals surface area contributed by atoms with E-state index in [1.54, 1.807) is 6.92 Å². The summed E-state index contributed by atoms with van der Waals surface area (Å²) in [4.78, 5) is 15.5. The van der Waals surface area contributed by atoms with Crippen molar-refractivity contribution in [1.82, 2.24) is 9.80 Å². The molecule has 0 aromatic heterocycles. The lowest BCUT2D eigenvalue weighted by atomic mass is 10.2. The van der Waals surface area contributed by atoms with Crippen molar-refractivity contribution < 1.29 is 9.90 Å². The van der Waals surface area contributed by atoms with E-state index in [0.29, 0.717) is 0 Å². The van der Waals surface area contributed by atoms with E-state index in [9.17, 15) is 4.79 Å². The molecule has 4 nitrogen and oxygen atoms in total. The van der Waals surface area contributed by atoms with Crippen molar-refractivity contribution in [2.24, 2.45) is 0 Å². The molecule has 104 valence electrons. The smallest absolute Gasteiger partial charge is 0.320 e. The number of hydrogen-bond acceptors (Lipinski definition) is 3. The Labute approximate surface area is 114 Å². The predicted octanol–water partition coefficient (Wildman–Crippen LogP) is 1.67. The van der Waals surface area contributed by atoms with Crippen molar-refractivity contribution in [2.45, 2.75) is 25.9 Å². The van der Waals surface area contributed by atoms with Crippen molar-refractivity contribution in [3.63, 3.8) is 0 Å². The largest absolute Gasteiger partial charge is 0.480 e. The molecular weight excluding hydrogens is 240 g/mol. The highest BCUT2D eigenvalue weighted by Crippen LogP contribution is 2.11. The SMILES string of the molecule is CC(C(=O)O)N1CCCN(Cc2ccccc2)CC1. The van der Waals surface area contributed by atoms with Gasteiger partial charge >= 0.3 is 5.97 Å². The van der Waals surface area contributed by atoms with Crippen molar-refractivity contribution in [3.05, 3.63) is 35.9 Å². The van der Waals surface area contributed by atoms with Crippen molar-refractivity contribution in [1.29, 1.82) is 0 Å². The minimum atomic E-state index is -0.725. The molecular formula is C15H22N2O2. The van der Waals surface area contributed by atoms with Gasteiger partial charge in [-0.2, -0.15) is 0 Å². The molecule has 1 aromatic carbocycles. The van der Waals surface area contributed by atoms with Gasteiger partial charge in [-0.25, -0.2) is 0 Å². The molecule has 1 fully saturated rings. The van der Waals surface area contributed by atoms with Crippen molar-refractivity contribution in [2.75, 3.05) is 26.2 Å². The molecule has 1 aliphatic rings. The third-order valence-corrected chi connectivity index (χ3v) is 3.78. The number of hydrogen-bond donors (Lipinski definition) is 1. The van der Waals surface area contributed by atoms with Gasteiger partial charge in [0.2, 0.25) is 0 Å². The van der Waals surface area contributed by atoms with E-state index in [1.165, 1.54) is 5.56 Å². The lowest BCUT2D eigenvalue weighted by molar-refractivity contribution is -0.142. The van der Waals surface area contributed by atoms with E-state index in [2.05, 4.69) is 34.1 Å². The molecule has 2 rings (SSSR count). The quantitative estimate of drug-likeness (QED) is 0.896. The highest BCUT2D eigenvalue weighted by atomic mass is 16.4. The maximum atomic E-state index is 11.0. The summed E-state index contributed by atoms with van der Waals surface area (Å²) in [7, 11) is 0. The molecule has 1 aliphatic heterocycles. The molecule has 0 spiro atoms. The Hall–Kier alpha value is -1.39. The van der Waals surface area contributed by atoms with Crippen LogP contribution in [0.1, 0.15) is 18.9 Å². The molecule has 0 bridgehead atoms. The van der Waals surface area contributed by atoms with Gasteiger partial charge in [0.05, 0.1) is 0 Å². The van der Waals surface area contributed by atoms with Crippen LogP contribution < -0.4 is 0 Å². The van der Waals surface area contributed by atoms with Gasteiger partial charge in [0.15, 0.2) is 0 Å². The summed E-state index contributed by atoms with van der Waals surface area (Å²) in [5.41, 5.74) is 1.32. The summed E-state index contributed by atoms with van der Waals surface area (Å²) in [5, 5.41) is 9.07. The molecule has 1 N–H and O–H groups in total. The number of carboxylic acid groups (broad SMARTS) is 1. The number of benzene rings is 1. The van der Waals surface area contributed by atoms with Crippen LogP contribution in [-0.4, -0.2) is 53.1 Å². The van der Waals surface area contributed by atoms with Crippen molar-refractivity contribution >= 4 is 5.97 Å². The average molecular weight is 262 g/mol. The normalized spacial score (nSPS) is 19.8. The van der Waals surface area contributed by atoms with Crippen LogP contribution in [0.3, 0.4) is 0 Å². The molecule has 1 saturated heterocycles. The maximum absolute atomic E-state index is 11.0. The highest BCUT2D eigenvalue weighted by molar-refractivity contribution is 5.72. The Balaban J connectivity index is 1.88. The molecule has 1 atom stereocenters. The fourth-order valence-corrected chi connectivity index (χ4v) is 2.53. The van der Waals surface area contributed by atoms with Gasteiger partial charge < -0.3 is 5.11 Å². The lowest BCUT2D eigenvalue weighted by Gasteiger charge is -2.24. The summed E-state index contributed by atoms with van der Waals surface area (Å²) < 4.78 is 0. The van der Waals surface area contributed by atoms with Gasteiger partial charge in [0.25, 0.3) is 0 Å². The van der Waals surface area contributed by atoms with Crippen LogP contribution in [-0.2, 0) is 11.3 Å². The Morgan fingerprint density at radius 3 is 2.63 bits per heavy atom. The standard InChI is InChI=1S/C15H22N2O2/c1-13(15(18)19)17-9-5-8-16(10-11-17)12-14-6-3-2-4-7-14/h2-4,6-7,13H,5,8-12H2,1H3,(H,18,19). The fraction of sp³-hybridized carbons (Fsp3) is 0.533.